The molecular formula is C14H12N4O4S3. The molecule has 130 valence electrons. The molecule has 1 aromatic carbocycles. The largest absolute Gasteiger partial charge is 0.371 e. The number of amides is 1. The Balaban J connectivity index is 1.58. The SMILES string of the molecule is O=C(NS(=O)(=O)c1cccc2nsnc12)c1cnc([C@H]2CCCO2)s1. The Morgan fingerprint density at radius 2 is 2.20 bits per heavy atom. The van der Waals surface area contributed by atoms with E-state index in [2.05, 4.69) is 18.5 Å². The first-order chi connectivity index (χ1) is 12.0. The van der Waals surface area contributed by atoms with Crippen LogP contribution < -0.4 is 4.72 Å². The molecule has 1 aliphatic rings. The highest BCUT2D eigenvalue weighted by molar-refractivity contribution is 7.90. The predicted octanol–water partition coefficient (Wildman–Crippen LogP) is 2.12. The van der Waals surface area contributed by atoms with Gasteiger partial charge in [-0.1, -0.05) is 6.07 Å². The topological polar surface area (TPSA) is 111 Å². The Hall–Kier alpha value is -1.95. The highest BCUT2D eigenvalue weighted by Gasteiger charge is 2.26. The summed E-state index contributed by atoms with van der Waals surface area (Å²) in [5.74, 6) is -0.720. The Kier molecular flexibility index (Phi) is 4.23. The van der Waals surface area contributed by atoms with Crippen LogP contribution in [0.2, 0.25) is 0 Å². The van der Waals surface area contributed by atoms with Crippen molar-refractivity contribution in [1.82, 2.24) is 18.5 Å². The maximum atomic E-state index is 12.6. The monoisotopic (exact) mass is 396 g/mol. The van der Waals surface area contributed by atoms with Crippen molar-refractivity contribution in [2.24, 2.45) is 0 Å². The second kappa shape index (κ2) is 6.41. The average Bonchev–Trinajstić information content (AvgIpc) is 3.32. The van der Waals surface area contributed by atoms with Crippen molar-refractivity contribution >= 4 is 50.0 Å². The summed E-state index contributed by atoms with van der Waals surface area (Å²) in [7, 11) is -4.06. The van der Waals surface area contributed by atoms with Crippen LogP contribution in [0.4, 0.5) is 0 Å². The zero-order valence-electron chi connectivity index (χ0n) is 12.7. The molecule has 1 amide bonds. The Bertz CT molecular complexity index is 1040. The van der Waals surface area contributed by atoms with Crippen molar-refractivity contribution in [1.29, 1.82) is 0 Å². The van der Waals surface area contributed by atoms with Crippen molar-refractivity contribution in [2.75, 3.05) is 6.61 Å². The third kappa shape index (κ3) is 3.15. The van der Waals surface area contributed by atoms with Crippen LogP contribution in [0.5, 0.6) is 0 Å². The molecule has 25 heavy (non-hydrogen) atoms. The number of ether oxygens (including phenoxy) is 1. The molecule has 3 heterocycles. The molecule has 2 aromatic heterocycles. The summed E-state index contributed by atoms with van der Waals surface area (Å²) in [6.07, 6.45) is 3.06. The molecule has 3 aromatic rings. The molecule has 0 bridgehead atoms. The first-order valence-corrected chi connectivity index (χ1v) is 10.4. The molecule has 1 N–H and O–H groups in total. The number of aromatic nitrogens is 3. The molecule has 8 nitrogen and oxygen atoms in total. The highest BCUT2D eigenvalue weighted by atomic mass is 32.2. The Morgan fingerprint density at radius 3 is 3.00 bits per heavy atom. The van der Waals surface area contributed by atoms with E-state index in [0.29, 0.717) is 17.1 Å². The van der Waals surface area contributed by atoms with Crippen LogP contribution in [0.3, 0.4) is 0 Å². The van der Waals surface area contributed by atoms with Gasteiger partial charge in [0.05, 0.1) is 17.9 Å². The van der Waals surface area contributed by atoms with Gasteiger partial charge in [0.2, 0.25) is 0 Å². The summed E-state index contributed by atoms with van der Waals surface area (Å²) in [4.78, 5) is 16.7. The molecule has 0 aliphatic carbocycles. The minimum Gasteiger partial charge on any atom is -0.371 e. The number of thiazole rings is 1. The highest BCUT2D eigenvalue weighted by Crippen LogP contribution is 2.31. The van der Waals surface area contributed by atoms with Gasteiger partial charge in [-0.2, -0.15) is 8.75 Å². The number of nitrogens with zero attached hydrogens (tertiary/aromatic N) is 3. The minimum atomic E-state index is -4.06. The van der Waals surface area contributed by atoms with Gasteiger partial charge in [-0.3, -0.25) is 4.79 Å². The summed E-state index contributed by atoms with van der Waals surface area (Å²) in [6.45, 7) is 0.672. The molecule has 1 atom stereocenters. The van der Waals surface area contributed by atoms with Crippen LogP contribution in [0, 0.1) is 0 Å². The fraction of sp³-hybridized carbons (Fsp3) is 0.286. The number of carbonyl (C=O) groups excluding carboxylic acids is 1. The standard InChI is InChI=1S/C14H12N4O4S3/c19-13(10-7-15-14(23-10)9-4-2-6-22-9)18-25(20,21)11-5-1-3-8-12(11)17-24-16-8/h1,3,5,7,9H,2,4,6H2,(H,18,19)/t9-/m1/s1. The molecular weight excluding hydrogens is 384 g/mol. The van der Waals surface area contributed by atoms with Crippen LogP contribution in [0.25, 0.3) is 11.0 Å². The smallest absolute Gasteiger partial charge is 0.276 e. The van der Waals surface area contributed by atoms with Crippen molar-refractivity contribution in [3.63, 3.8) is 0 Å². The first-order valence-electron chi connectivity index (χ1n) is 7.40. The van der Waals surface area contributed by atoms with E-state index < -0.39 is 15.9 Å². The van der Waals surface area contributed by atoms with Gasteiger partial charge in [0.25, 0.3) is 15.9 Å². The first kappa shape index (κ1) is 16.5. The number of carbonyl (C=O) groups is 1. The van der Waals surface area contributed by atoms with Gasteiger partial charge < -0.3 is 4.74 Å². The molecule has 0 radical (unpaired) electrons. The number of hydrogen-bond donors (Lipinski definition) is 1. The van der Waals surface area contributed by atoms with Crippen LogP contribution in [0.1, 0.15) is 33.6 Å². The quantitative estimate of drug-likeness (QED) is 0.719. The number of rotatable bonds is 4. The number of fused-ring (bicyclic) bond motifs is 1. The summed E-state index contributed by atoms with van der Waals surface area (Å²) < 4.78 is 40.7. The number of nitrogens with one attached hydrogen (secondary N) is 1. The molecule has 0 unspecified atom stereocenters. The lowest BCUT2D eigenvalue weighted by atomic mass is 10.2. The van der Waals surface area contributed by atoms with E-state index in [9.17, 15) is 13.2 Å². The lowest BCUT2D eigenvalue weighted by Gasteiger charge is -2.06. The zero-order valence-corrected chi connectivity index (χ0v) is 15.2. The normalized spacial score (nSPS) is 17.8. The number of hydrogen-bond acceptors (Lipinski definition) is 9. The molecule has 0 spiro atoms. The van der Waals surface area contributed by atoms with Gasteiger partial charge in [-0.25, -0.2) is 18.1 Å². The van der Waals surface area contributed by atoms with Crippen molar-refractivity contribution in [2.45, 2.75) is 23.8 Å². The molecule has 11 heteroatoms. The van der Waals surface area contributed by atoms with Crippen LogP contribution in [-0.2, 0) is 14.8 Å². The third-order valence-corrected chi connectivity index (χ3v) is 6.71. The van der Waals surface area contributed by atoms with Gasteiger partial charge in [0, 0.05) is 6.61 Å². The fourth-order valence-electron chi connectivity index (χ4n) is 2.54. The molecule has 1 fully saturated rings. The lowest BCUT2D eigenvalue weighted by Crippen LogP contribution is -2.30. The molecule has 0 saturated carbocycles. The number of sulfonamides is 1. The second-order valence-corrected chi connectivity index (χ2v) is 8.63. The van der Waals surface area contributed by atoms with Crippen LogP contribution >= 0.6 is 23.1 Å². The van der Waals surface area contributed by atoms with Gasteiger partial charge in [0.15, 0.2) is 0 Å². The maximum Gasteiger partial charge on any atom is 0.276 e. The minimum absolute atomic E-state index is 0.0732. The van der Waals surface area contributed by atoms with Crippen molar-refractivity contribution in [3.8, 4) is 0 Å². The van der Waals surface area contributed by atoms with Crippen molar-refractivity contribution < 1.29 is 17.9 Å². The summed E-state index contributed by atoms with van der Waals surface area (Å²) in [6, 6.07) is 4.62. The zero-order chi connectivity index (χ0) is 17.4. The van der Waals surface area contributed by atoms with Crippen LogP contribution in [-0.4, -0.2) is 34.7 Å². The van der Waals surface area contributed by atoms with E-state index in [1.807, 2.05) is 0 Å². The maximum absolute atomic E-state index is 12.6. The van der Waals surface area contributed by atoms with E-state index in [1.54, 1.807) is 12.1 Å². The second-order valence-electron chi connectivity index (χ2n) is 5.39. The van der Waals surface area contributed by atoms with Gasteiger partial charge in [-0.15, -0.1) is 11.3 Å². The Morgan fingerprint density at radius 1 is 1.32 bits per heavy atom. The van der Waals surface area contributed by atoms with E-state index in [4.69, 9.17) is 4.74 Å². The van der Waals surface area contributed by atoms with Crippen LogP contribution in [0.15, 0.2) is 29.3 Å². The molecule has 1 saturated heterocycles. The lowest BCUT2D eigenvalue weighted by molar-refractivity contribution is 0.0985. The Labute approximate surface area is 151 Å². The van der Waals surface area contributed by atoms with E-state index in [1.165, 1.54) is 12.3 Å². The summed E-state index contributed by atoms with van der Waals surface area (Å²) >= 11 is 2.06. The van der Waals surface area contributed by atoms with E-state index in [-0.39, 0.29) is 21.4 Å². The van der Waals surface area contributed by atoms with E-state index >= 15 is 0 Å². The average molecular weight is 396 g/mol. The fourth-order valence-corrected chi connectivity index (χ4v) is 5.24. The van der Waals surface area contributed by atoms with Gasteiger partial charge in [-0.05, 0) is 25.0 Å². The summed E-state index contributed by atoms with van der Waals surface area (Å²) in [5.41, 5.74) is 0.718. The predicted molar refractivity (Wildman–Crippen MR) is 92.1 cm³/mol. The summed E-state index contributed by atoms with van der Waals surface area (Å²) in [5, 5.41) is 0.686. The molecule has 4 rings (SSSR count). The van der Waals surface area contributed by atoms with E-state index in [0.717, 1.165) is 35.9 Å². The number of benzene rings is 1. The van der Waals surface area contributed by atoms with Gasteiger partial charge in [0.1, 0.15) is 31.9 Å². The van der Waals surface area contributed by atoms with Gasteiger partial charge >= 0.3 is 0 Å². The molecule has 1 aliphatic heterocycles. The van der Waals surface area contributed by atoms with Crippen molar-refractivity contribution in [3.05, 3.63) is 34.3 Å². The third-order valence-electron chi connectivity index (χ3n) is 3.72.